The summed E-state index contributed by atoms with van der Waals surface area (Å²) in [5.41, 5.74) is 0.652. The fourth-order valence-corrected chi connectivity index (χ4v) is 3.44. The number of anilines is 1. The SMILES string of the molecule is COC(=O)CCN(C(=O)Nc1cccc(Cl)c1)C1CCCCC1C. The number of amides is 2. The first-order chi connectivity index (χ1) is 11.5. The van der Waals surface area contributed by atoms with Crippen LogP contribution in [0.25, 0.3) is 0 Å². The summed E-state index contributed by atoms with van der Waals surface area (Å²) in [6.45, 7) is 2.52. The molecule has 0 heterocycles. The van der Waals surface area contributed by atoms with Crippen molar-refractivity contribution in [3.8, 4) is 0 Å². The molecule has 0 bridgehead atoms. The summed E-state index contributed by atoms with van der Waals surface area (Å²) in [5.74, 6) is 0.112. The fraction of sp³-hybridized carbons (Fsp3) is 0.556. The highest BCUT2D eigenvalue weighted by molar-refractivity contribution is 6.30. The predicted molar refractivity (Wildman–Crippen MR) is 95.2 cm³/mol. The van der Waals surface area contributed by atoms with Crippen LogP contribution < -0.4 is 5.32 Å². The smallest absolute Gasteiger partial charge is 0.322 e. The molecule has 24 heavy (non-hydrogen) atoms. The van der Waals surface area contributed by atoms with E-state index in [1.165, 1.54) is 13.5 Å². The topological polar surface area (TPSA) is 58.6 Å². The van der Waals surface area contributed by atoms with E-state index >= 15 is 0 Å². The predicted octanol–water partition coefficient (Wildman–Crippen LogP) is 4.32. The van der Waals surface area contributed by atoms with Gasteiger partial charge in [0.1, 0.15) is 0 Å². The van der Waals surface area contributed by atoms with Crippen molar-refractivity contribution in [2.24, 2.45) is 5.92 Å². The fourth-order valence-electron chi connectivity index (χ4n) is 3.25. The molecule has 1 aliphatic carbocycles. The number of urea groups is 1. The molecule has 0 aromatic heterocycles. The maximum atomic E-state index is 12.8. The van der Waals surface area contributed by atoms with Crippen molar-refractivity contribution in [2.45, 2.75) is 45.1 Å². The van der Waals surface area contributed by atoms with Gasteiger partial charge in [-0.05, 0) is 37.0 Å². The number of hydrogen-bond acceptors (Lipinski definition) is 3. The molecule has 1 fully saturated rings. The molecular formula is C18H25ClN2O3. The van der Waals surface area contributed by atoms with Gasteiger partial charge in [0.15, 0.2) is 0 Å². The molecule has 0 spiro atoms. The van der Waals surface area contributed by atoms with Crippen molar-refractivity contribution in [3.05, 3.63) is 29.3 Å². The summed E-state index contributed by atoms with van der Waals surface area (Å²) in [4.78, 5) is 26.1. The van der Waals surface area contributed by atoms with Gasteiger partial charge in [0.2, 0.25) is 0 Å². The molecule has 1 N–H and O–H groups in total. The van der Waals surface area contributed by atoms with E-state index in [0.717, 1.165) is 19.3 Å². The summed E-state index contributed by atoms with van der Waals surface area (Å²) >= 11 is 5.98. The number of methoxy groups -OCH3 is 1. The number of rotatable bonds is 5. The number of halogens is 1. The van der Waals surface area contributed by atoms with Crippen molar-refractivity contribution < 1.29 is 14.3 Å². The van der Waals surface area contributed by atoms with E-state index in [9.17, 15) is 9.59 Å². The van der Waals surface area contributed by atoms with Crippen LogP contribution in [0.15, 0.2) is 24.3 Å². The highest BCUT2D eigenvalue weighted by Crippen LogP contribution is 2.29. The zero-order valence-corrected chi connectivity index (χ0v) is 15.0. The first-order valence-corrected chi connectivity index (χ1v) is 8.79. The molecule has 5 nitrogen and oxygen atoms in total. The van der Waals surface area contributed by atoms with Gasteiger partial charge < -0.3 is 15.0 Å². The van der Waals surface area contributed by atoms with Crippen molar-refractivity contribution >= 4 is 29.3 Å². The summed E-state index contributed by atoms with van der Waals surface area (Å²) in [5, 5.41) is 3.46. The quantitative estimate of drug-likeness (QED) is 0.803. The average molecular weight is 353 g/mol. The van der Waals surface area contributed by atoms with Gasteiger partial charge in [-0.3, -0.25) is 4.79 Å². The summed E-state index contributed by atoms with van der Waals surface area (Å²) < 4.78 is 4.71. The van der Waals surface area contributed by atoms with Crippen LogP contribution in [0.2, 0.25) is 5.02 Å². The van der Waals surface area contributed by atoms with Crippen LogP contribution in [0.3, 0.4) is 0 Å². The maximum absolute atomic E-state index is 12.8. The van der Waals surface area contributed by atoms with E-state index in [-0.39, 0.29) is 24.5 Å². The van der Waals surface area contributed by atoms with Crippen LogP contribution in [0.1, 0.15) is 39.0 Å². The van der Waals surface area contributed by atoms with Crippen molar-refractivity contribution in [1.29, 1.82) is 0 Å². The van der Waals surface area contributed by atoms with E-state index in [1.54, 1.807) is 29.2 Å². The molecular weight excluding hydrogens is 328 g/mol. The van der Waals surface area contributed by atoms with Crippen molar-refractivity contribution in [1.82, 2.24) is 4.90 Å². The van der Waals surface area contributed by atoms with Gasteiger partial charge in [-0.1, -0.05) is 37.4 Å². The Morgan fingerprint density at radius 1 is 1.33 bits per heavy atom. The Kier molecular flexibility index (Phi) is 6.91. The first kappa shape index (κ1) is 18.6. The molecule has 2 rings (SSSR count). The maximum Gasteiger partial charge on any atom is 0.322 e. The first-order valence-electron chi connectivity index (χ1n) is 8.41. The molecule has 0 aliphatic heterocycles. The Bertz CT molecular complexity index is 579. The Hall–Kier alpha value is -1.75. The average Bonchev–Trinajstić information content (AvgIpc) is 2.56. The molecule has 6 heteroatoms. The normalized spacial score (nSPS) is 20.3. The van der Waals surface area contributed by atoms with E-state index in [0.29, 0.717) is 23.2 Å². The zero-order chi connectivity index (χ0) is 17.5. The van der Waals surface area contributed by atoms with E-state index in [4.69, 9.17) is 16.3 Å². The van der Waals surface area contributed by atoms with Gasteiger partial charge >= 0.3 is 12.0 Å². The molecule has 0 saturated heterocycles. The van der Waals surface area contributed by atoms with Gasteiger partial charge in [0.05, 0.1) is 13.5 Å². The number of carbonyl (C=O) groups is 2. The Morgan fingerprint density at radius 2 is 2.08 bits per heavy atom. The molecule has 1 aromatic rings. The molecule has 1 aromatic carbocycles. The second-order valence-corrected chi connectivity index (χ2v) is 6.73. The second kappa shape index (κ2) is 8.92. The van der Waals surface area contributed by atoms with Crippen LogP contribution in [-0.4, -0.2) is 36.6 Å². The Morgan fingerprint density at radius 3 is 2.75 bits per heavy atom. The van der Waals surface area contributed by atoms with E-state index in [1.807, 2.05) is 0 Å². The van der Waals surface area contributed by atoms with Gasteiger partial charge in [0, 0.05) is 23.3 Å². The van der Waals surface area contributed by atoms with Crippen LogP contribution in [-0.2, 0) is 9.53 Å². The number of nitrogens with one attached hydrogen (secondary N) is 1. The highest BCUT2D eigenvalue weighted by atomic mass is 35.5. The monoisotopic (exact) mass is 352 g/mol. The number of carbonyl (C=O) groups excluding carboxylic acids is 2. The number of nitrogens with zero attached hydrogens (tertiary/aromatic N) is 1. The minimum absolute atomic E-state index is 0.141. The number of ether oxygens (including phenoxy) is 1. The molecule has 0 radical (unpaired) electrons. The minimum atomic E-state index is -0.306. The lowest BCUT2D eigenvalue weighted by atomic mass is 9.85. The molecule has 1 saturated carbocycles. The second-order valence-electron chi connectivity index (χ2n) is 6.29. The lowest BCUT2D eigenvalue weighted by Crippen LogP contribution is -2.48. The van der Waals surface area contributed by atoms with Crippen molar-refractivity contribution in [2.75, 3.05) is 19.0 Å². The number of hydrogen-bond donors (Lipinski definition) is 1. The third kappa shape index (κ3) is 5.13. The summed E-state index contributed by atoms with van der Waals surface area (Å²) in [7, 11) is 1.36. The molecule has 2 unspecified atom stereocenters. The van der Waals surface area contributed by atoms with Gasteiger partial charge in [-0.25, -0.2) is 4.79 Å². The van der Waals surface area contributed by atoms with Crippen LogP contribution in [0, 0.1) is 5.92 Å². The summed E-state index contributed by atoms with van der Waals surface area (Å²) in [6, 6.07) is 7.01. The third-order valence-corrected chi connectivity index (χ3v) is 4.82. The number of benzene rings is 1. The van der Waals surface area contributed by atoms with Crippen LogP contribution in [0.5, 0.6) is 0 Å². The zero-order valence-electron chi connectivity index (χ0n) is 14.3. The Balaban J connectivity index is 2.10. The highest BCUT2D eigenvalue weighted by Gasteiger charge is 2.30. The van der Waals surface area contributed by atoms with Gasteiger partial charge in [-0.15, -0.1) is 0 Å². The summed E-state index contributed by atoms with van der Waals surface area (Å²) in [6.07, 6.45) is 4.56. The third-order valence-electron chi connectivity index (χ3n) is 4.59. The standard InChI is InChI=1S/C18H25ClN2O3/c1-13-6-3-4-9-16(13)21(11-10-17(22)24-2)18(23)20-15-8-5-7-14(19)12-15/h5,7-8,12-13,16H,3-4,6,9-11H2,1-2H3,(H,20,23). The van der Waals surface area contributed by atoms with E-state index < -0.39 is 0 Å². The molecule has 1 aliphatic rings. The lowest BCUT2D eigenvalue weighted by molar-refractivity contribution is -0.140. The lowest BCUT2D eigenvalue weighted by Gasteiger charge is -2.38. The van der Waals surface area contributed by atoms with Crippen LogP contribution in [0.4, 0.5) is 10.5 Å². The molecule has 132 valence electrons. The van der Waals surface area contributed by atoms with Gasteiger partial charge in [0.25, 0.3) is 0 Å². The molecule has 2 amide bonds. The van der Waals surface area contributed by atoms with Gasteiger partial charge in [-0.2, -0.15) is 0 Å². The number of esters is 1. The minimum Gasteiger partial charge on any atom is -0.469 e. The van der Waals surface area contributed by atoms with E-state index in [2.05, 4.69) is 12.2 Å². The van der Waals surface area contributed by atoms with Crippen LogP contribution >= 0.6 is 11.6 Å². The van der Waals surface area contributed by atoms with Crippen molar-refractivity contribution in [3.63, 3.8) is 0 Å². The largest absolute Gasteiger partial charge is 0.469 e. The Labute approximate surface area is 148 Å². The molecule has 2 atom stereocenters.